The van der Waals surface area contributed by atoms with E-state index in [1.807, 2.05) is 12.1 Å². The Labute approximate surface area is 183 Å². The number of H-pyrrole nitrogens is 1. The lowest BCUT2D eigenvalue weighted by Crippen LogP contribution is -2.48. The van der Waals surface area contributed by atoms with Gasteiger partial charge in [0.15, 0.2) is 11.5 Å². The zero-order valence-electron chi connectivity index (χ0n) is 17.4. The third-order valence-electron chi connectivity index (χ3n) is 4.91. The fourth-order valence-electron chi connectivity index (χ4n) is 3.24. The van der Waals surface area contributed by atoms with Crippen LogP contribution < -0.4 is 4.90 Å². The highest BCUT2D eigenvalue weighted by Gasteiger charge is 2.21. The van der Waals surface area contributed by atoms with E-state index in [0.717, 1.165) is 37.5 Å². The minimum Gasteiger partial charge on any atom is -0.360 e. The largest absolute Gasteiger partial charge is 0.360 e. The van der Waals surface area contributed by atoms with Gasteiger partial charge in [-0.2, -0.15) is 0 Å². The molecule has 0 atom stereocenters. The number of nitrogens with zero attached hydrogens (tertiary/aromatic N) is 5. The molecule has 3 aromatic rings. The number of halogens is 1. The second-order valence-corrected chi connectivity index (χ2v) is 9.13. The van der Waals surface area contributed by atoms with Gasteiger partial charge in [0.05, 0.1) is 17.8 Å². The fraction of sp³-hybridized carbons (Fsp3) is 0.429. The number of pyridine rings is 2. The van der Waals surface area contributed by atoms with Crippen LogP contribution in [0.25, 0.3) is 11.2 Å². The van der Waals surface area contributed by atoms with Crippen LogP contribution in [0, 0.1) is 0 Å². The molecule has 158 valence electrons. The summed E-state index contributed by atoms with van der Waals surface area (Å²) in [6.45, 7) is 10.4. The van der Waals surface area contributed by atoms with E-state index in [-0.39, 0.29) is 17.2 Å². The van der Waals surface area contributed by atoms with Crippen molar-refractivity contribution in [1.82, 2.24) is 24.8 Å². The Balaban J connectivity index is 1.45. The lowest BCUT2D eigenvalue weighted by molar-refractivity contribution is -0.0644. The molecule has 1 N–H and O–H groups in total. The Hall–Kier alpha value is -2.36. The van der Waals surface area contributed by atoms with Crippen LogP contribution in [0.3, 0.4) is 0 Å². The molecule has 30 heavy (non-hydrogen) atoms. The number of aromatic amines is 1. The van der Waals surface area contributed by atoms with Gasteiger partial charge in [-0.15, -0.1) is 0 Å². The molecule has 0 bridgehead atoms. The molecule has 0 radical (unpaired) electrons. The summed E-state index contributed by atoms with van der Waals surface area (Å²) in [5.74, 6) is 0.957. The second kappa shape index (κ2) is 8.41. The van der Waals surface area contributed by atoms with E-state index in [9.17, 15) is 4.79 Å². The third kappa shape index (κ3) is 4.85. The first-order valence-corrected chi connectivity index (χ1v) is 10.7. The summed E-state index contributed by atoms with van der Waals surface area (Å²) < 4.78 is 6.48. The van der Waals surface area contributed by atoms with Gasteiger partial charge < -0.3 is 14.6 Å². The monoisotopic (exact) mass is 472 g/mol. The fourth-order valence-corrected chi connectivity index (χ4v) is 3.60. The van der Waals surface area contributed by atoms with E-state index in [2.05, 4.69) is 66.4 Å². The van der Waals surface area contributed by atoms with Gasteiger partial charge in [0.25, 0.3) is 0 Å². The Morgan fingerprint density at radius 3 is 2.63 bits per heavy atom. The number of piperazine rings is 1. The van der Waals surface area contributed by atoms with Gasteiger partial charge in [-0.1, -0.05) is 0 Å². The number of hydrogen-bond donors (Lipinski definition) is 1. The van der Waals surface area contributed by atoms with Crippen LogP contribution >= 0.6 is 15.9 Å². The van der Waals surface area contributed by atoms with Crippen molar-refractivity contribution in [1.29, 1.82) is 0 Å². The van der Waals surface area contributed by atoms with Gasteiger partial charge in [0.1, 0.15) is 10.4 Å². The molecule has 1 aliphatic heterocycles. The molecule has 9 heteroatoms. The van der Waals surface area contributed by atoms with Crippen molar-refractivity contribution in [2.45, 2.75) is 26.4 Å². The van der Waals surface area contributed by atoms with Crippen LogP contribution in [0.5, 0.6) is 0 Å². The molecule has 0 unspecified atom stereocenters. The van der Waals surface area contributed by atoms with Crippen LogP contribution in [-0.4, -0.2) is 69.1 Å². The standard InChI is InChI=1S/C21H25BrN6O2/c1-21(2,3)30-13-27-8-10-28(11-9-27)17-5-4-15-19(25-17)26-20(24-15)18(29)14-6-7-23-16(22)12-14/h4-7,12H,8-11,13H2,1-3H3,(H,24,25,26). The summed E-state index contributed by atoms with van der Waals surface area (Å²) >= 11 is 3.29. The van der Waals surface area contributed by atoms with E-state index >= 15 is 0 Å². The first-order chi connectivity index (χ1) is 14.3. The summed E-state index contributed by atoms with van der Waals surface area (Å²) in [5, 5.41) is 0. The molecule has 3 aromatic heterocycles. The van der Waals surface area contributed by atoms with E-state index in [1.165, 1.54) is 0 Å². The highest BCUT2D eigenvalue weighted by atomic mass is 79.9. The van der Waals surface area contributed by atoms with Gasteiger partial charge in [-0.25, -0.2) is 15.0 Å². The highest BCUT2D eigenvalue weighted by molar-refractivity contribution is 9.10. The molecule has 0 aromatic carbocycles. The summed E-state index contributed by atoms with van der Waals surface area (Å²) in [5.41, 5.74) is 1.67. The molecule has 8 nitrogen and oxygen atoms in total. The molecule has 1 aliphatic rings. The minimum atomic E-state index is -0.190. The number of imidazole rings is 1. The van der Waals surface area contributed by atoms with Crippen molar-refractivity contribution in [3.05, 3.63) is 46.5 Å². The van der Waals surface area contributed by atoms with Crippen LogP contribution in [-0.2, 0) is 4.74 Å². The zero-order chi connectivity index (χ0) is 21.3. The number of aromatic nitrogens is 4. The lowest BCUT2D eigenvalue weighted by Gasteiger charge is -2.36. The van der Waals surface area contributed by atoms with E-state index in [4.69, 9.17) is 4.74 Å². The molecular weight excluding hydrogens is 448 g/mol. The first kappa shape index (κ1) is 20.9. The van der Waals surface area contributed by atoms with Gasteiger partial charge in [-0.05, 0) is 61.0 Å². The maximum Gasteiger partial charge on any atom is 0.228 e. The van der Waals surface area contributed by atoms with Gasteiger partial charge in [0.2, 0.25) is 5.78 Å². The molecule has 0 spiro atoms. The van der Waals surface area contributed by atoms with Crippen molar-refractivity contribution in [3.63, 3.8) is 0 Å². The van der Waals surface area contributed by atoms with E-state index in [0.29, 0.717) is 22.5 Å². The Morgan fingerprint density at radius 2 is 1.93 bits per heavy atom. The number of ketones is 1. The Bertz CT molecular complexity index is 1050. The summed E-state index contributed by atoms with van der Waals surface area (Å²) in [4.78, 5) is 33.5. The van der Waals surface area contributed by atoms with E-state index in [1.54, 1.807) is 18.3 Å². The quantitative estimate of drug-likeness (QED) is 0.450. The highest BCUT2D eigenvalue weighted by Crippen LogP contribution is 2.20. The molecule has 0 aliphatic carbocycles. The number of rotatable bonds is 5. The number of ether oxygens (including phenoxy) is 1. The smallest absolute Gasteiger partial charge is 0.228 e. The number of nitrogens with one attached hydrogen (secondary N) is 1. The van der Waals surface area contributed by atoms with Gasteiger partial charge >= 0.3 is 0 Å². The molecule has 1 saturated heterocycles. The SMILES string of the molecule is CC(C)(C)OCN1CCN(c2ccc3[nH]c(C(=O)c4ccnc(Br)c4)nc3n2)CC1. The second-order valence-electron chi connectivity index (χ2n) is 8.31. The number of anilines is 1. The number of carbonyl (C=O) groups is 1. The van der Waals surface area contributed by atoms with Crippen molar-refractivity contribution < 1.29 is 9.53 Å². The summed E-state index contributed by atoms with van der Waals surface area (Å²) in [7, 11) is 0. The van der Waals surface area contributed by atoms with Crippen LogP contribution in [0.4, 0.5) is 5.82 Å². The first-order valence-electron chi connectivity index (χ1n) is 9.93. The van der Waals surface area contributed by atoms with Crippen LogP contribution in [0.2, 0.25) is 0 Å². The van der Waals surface area contributed by atoms with Crippen LogP contribution in [0.1, 0.15) is 37.0 Å². The average molecular weight is 473 g/mol. The lowest BCUT2D eigenvalue weighted by atomic mass is 10.2. The van der Waals surface area contributed by atoms with Crippen molar-refractivity contribution in [2.75, 3.05) is 37.8 Å². The molecule has 1 fully saturated rings. The predicted molar refractivity (Wildman–Crippen MR) is 119 cm³/mol. The van der Waals surface area contributed by atoms with Crippen molar-refractivity contribution in [2.24, 2.45) is 0 Å². The normalized spacial score (nSPS) is 15.7. The number of carbonyl (C=O) groups excluding carboxylic acids is 1. The van der Waals surface area contributed by atoms with E-state index < -0.39 is 0 Å². The maximum absolute atomic E-state index is 12.7. The maximum atomic E-state index is 12.7. The molecule has 0 amide bonds. The number of fused-ring (bicyclic) bond motifs is 1. The number of hydrogen-bond acceptors (Lipinski definition) is 7. The average Bonchev–Trinajstić information content (AvgIpc) is 3.15. The molecular formula is C21H25BrN6O2. The topological polar surface area (TPSA) is 87.2 Å². The van der Waals surface area contributed by atoms with Gasteiger partial charge in [0, 0.05) is 37.9 Å². The summed E-state index contributed by atoms with van der Waals surface area (Å²) in [6.07, 6.45) is 1.59. The predicted octanol–water partition coefficient (Wildman–Crippen LogP) is 3.24. The minimum absolute atomic E-state index is 0.134. The molecule has 0 saturated carbocycles. The zero-order valence-corrected chi connectivity index (χ0v) is 18.9. The summed E-state index contributed by atoms with van der Waals surface area (Å²) in [6, 6.07) is 7.25. The Kier molecular flexibility index (Phi) is 5.86. The van der Waals surface area contributed by atoms with Crippen LogP contribution in [0.15, 0.2) is 35.1 Å². The van der Waals surface area contributed by atoms with Gasteiger partial charge in [-0.3, -0.25) is 9.69 Å². The third-order valence-corrected chi connectivity index (χ3v) is 5.35. The molecule has 4 rings (SSSR count). The van der Waals surface area contributed by atoms with Crippen molar-refractivity contribution >= 4 is 38.7 Å². The Morgan fingerprint density at radius 1 is 1.17 bits per heavy atom. The van der Waals surface area contributed by atoms with Crippen molar-refractivity contribution in [3.8, 4) is 0 Å². The molecule has 4 heterocycles.